The van der Waals surface area contributed by atoms with E-state index in [1.165, 1.54) is 0 Å². The van der Waals surface area contributed by atoms with Crippen LogP contribution in [-0.4, -0.2) is 4.98 Å². The Morgan fingerprint density at radius 3 is 2.81 bits per heavy atom. The Morgan fingerprint density at radius 2 is 2.12 bits per heavy atom. The van der Waals surface area contributed by atoms with Gasteiger partial charge in [-0.05, 0) is 47.2 Å². The Bertz CT molecular complexity index is 540. The predicted octanol–water partition coefficient (Wildman–Crippen LogP) is 4.03. The fraction of sp³-hybridized carbons (Fsp3) is 0.250. The van der Waals surface area contributed by atoms with E-state index < -0.39 is 0 Å². The average Bonchev–Trinajstić information content (AvgIpc) is 2.20. The fourth-order valence-corrected chi connectivity index (χ4v) is 2.87. The normalized spacial score (nSPS) is 10.9. The summed E-state index contributed by atoms with van der Waals surface area (Å²) in [7, 11) is 0. The molecule has 0 spiro atoms. The molecule has 0 unspecified atom stereocenters. The third-order valence-electron chi connectivity index (χ3n) is 2.42. The van der Waals surface area contributed by atoms with E-state index in [2.05, 4.69) is 34.5 Å². The van der Waals surface area contributed by atoms with Crippen LogP contribution >= 0.6 is 34.2 Å². The van der Waals surface area contributed by atoms with Crippen molar-refractivity contribution in [2.24, 2.45) is 0 Å². The van der Waals surface area contributed by atoms with Gasteiger partial charge in [-0.15, -0.1) is 0 Å². The number of hydrogen-bond donors (Lipinski definition) is 1. The maximum absolute atomic E-state index is 6.02. The topological polar surface area (TPSA) is 38.9 Å². The highest BCUT2D eigenvalue weighted by atomic mass is 127. The lowest BCUT2D eigenvalue weighted by molar-refractivity contribution is 0.890. The van der Waals surface area contributed by atoms with Gasteiger partial charge in [0.15, 0.2) is 0 Å². The molecule has 0 radical (unpaired) electrons. The number of nitrogen functional groups attached to an aromatic ring is 1. The molecule has 16 heavy (non-hydrogen) atoms. The molecule has 0 saturated heterocycles. The quantitative estimate of drug-likeness (QED) is 0.834. The smallest absolute Gasteiger partial charge is 0.0860 e. The number of anilines is 1. The first kappa shape index (κ1) is 11.9. The van der Waals surface area contributed by atoms with Gasteiger partial charge >= 0.3 is 0 Å². The van der Waals surface area contributed by atoms with Crippen LogP contribution in [0.4, 0.5) is 5.69 Å². The highest BCUT2D eigenvalue weighted by molar-refractivity contribution is 14.1. The van der Waals surface area contributed by atoms with Crippen molar-refractivity contribution in [1.29, 1.82) is 0 Å². The summed E-state index contributed by atoms with van der Waals surface area (Å²) >= 11 is 8.25. The summed E-state index contributed by atoms with van der Waals surface area (Å²) in [6.45, 7) is 2.13. The Morgan fingerprint density at radius 1 is 1.38 bits per heavy atom. The molecule has 1 aromatic heterocycles. The summed E-state index contributed by atoms with van der Waals surface area (Å²) in [5, 5.41) is 1.64. The minimum atomic E-state index is 0.702. The molecule has 0 atom stereocenters. The van der Waals surface area contributed by atoms with Crippen molar-refractivity contribution in [1.82, 2.24) is 4.98 Å². The predicted molar refractivity (Wildman–Crippen MR) is 77.9 cm³/mol. The summed E-state index contributed by atoms with van der Waals surface area (Å²) in [4.78, 5) is 4.62. The molecule has 0 saturated carbocycles. The molecule has 2 N–H and O–H groups in total. The SMILES string of the molecule is CCCc1cc(N)c2cc(Cl)cc(I)c2n1. The molecular formula is C12H12ClIN2. The summed E-state index contributed by atoms with van der Waals surface area (Å²) in [5.41, 5.74) is 8.78. The molecule has 0 aliphatic carbocycles. The summed E-state index contributed by atoms with van der Waals surface area (Å²) < 4.78 is 1.05. The molecule has 4 heteroatoms. The molecule has 0 amide bonds. The van der Waals surface area contributed by atoms with Gasteiger partial charge in [0.2, 0.25) is 0 Å². The van der Waals surface area contributed by atoms with Crippen molar-refractivity contribution in [2.75, 3.05) is 5.73 Å². The molecule has 0 fully saturated rings. The van der Waals surface area contributed by atoms with Crippen molar-refractivity contribution in [3.8, 4) is 0 Å². The van der Waals surface area contributed by atoms with Crippen LogP contribution in [0, 0.1) is 3.57 Å². The van der Waals surface area contributed by atoms with Gasteiger partial charge in [-0.2, -0.15) is 0 Å². The van der Waals surface area contributed by atoms with Gasteiger partial charge in [0, 0.05) is 25.4 Å². The second-order valence-electron chi connectivity index (χ2n) is 3.74. The van der Waals surface area contributed by atoms with Crippen LogP contribution in [0.1, 0.15) is 19.0 Å². The van der Waals surface area contributed by atoms with E-state index in [1.54, 1.807) is 0 Å². The number of nitrogens with zero attached hydrogens (tertiary/aromatic N) is 1. The van der Waals surface area contributed by atoms with E-state index in [0.717, 1.165) is 38.7 Å². The molecule has 0 aliphatic heterocycles. The van der Waals surface area contributed by atoms with Crippen LogP contribution in [0.2, 0.25) is 5.02 Å². The van der Waals surface area contributed by atoms with E-state index in [1.807, 2.05) is 18.2 Å². The number of rotatable bonds is 2. The van der Waals surface area contributed by atoms with E-state index in [9.17, 15) is 0 Å². The van der Waals surface area contributed by atoms with Gasteiger partial charge in [-0.3, -0.25) is 4.98 Å². The van der Waals surface area contributed by atoms with Crippen molar-refractivity contribution < 1.29 is 0 Å². The van der Waals surface area contributed by atoms with Gasteiger partial charge in [-0.1, -0.05) is 24.9 Å². The zero-order valence-corrected chi connectivity index (χ0v) is 11.8. The number of pyridine rings is 1. The Balaban J connectivity index is 2.71. The molecule has 2 aromatic rings. The molecule has 1 heterocycles. The van der Waals surface area contributed by atoms with Gasteiger partial charge in [0.05, 0.1) is 5.52 Å². The maximum atomic E-state index is 6.02. The van der Waals surface area contributed by atoms with Crippen molar-refractivity contribution in [2.45, 2.75) is 19.8 Å². The first-order chi connectivity index (χ1) is 7.61. The highest BCUT2D eigenvalue weighted by Gasteiger charge is 2.07. The number of nitrogens with two attached hydrogens (primary N) is 1. The second-order valence-corrected chi connectivity index (χ2v) is 5.34. The fourth-order valence-electron chi connectivity index (χ4n) is 1.72. The lowest BCUT2D eigenvalue weighted by atomic mass is 10.1. The number of aromatic nitrogens is 1. The number of aryl methyl sites for hydroxylation is 1. The summed E-state index contributed by atoms with van der Waals surface area (Å²) in [5.74, 6) is 0. The zero-order valence-electron chi connectivity index (χ0n) is 8.93. The van der Waals surface area contributed by atoms with Crippen LogP contribution < -0.4 is 5.73 Å². The van der Waals surface area contributed by atoms with Gasteiger partial charge in [-0.25, -0.2) is 0 Å². The molecule has 1 aromatic carbocycles. The van der Waals surface area contributed by atoms with E-state index in [-0.39, 0.29) is 0 Å². The van der Waals surface area contributed by atoms with Crippen molar-refractivity contribution in [3.63, 3.8) is 0 Å². The first-order valence-electron chi connectivity index (χ1n) is 5.16. The van der Waals surface area contributed by atoms with Gasteiger partial charge < -0.3 is 5.73 Å². The van der Waals surface area contributed by atoms with Crippen LogP contribution in [0.15, 0.2) is 18.2 Å². The van der Waals surface area contributed by atoms with Gasteiger partial charge in [0.25, 0.3) is 0 Å². The third-order valence-corrected chi connectivity index (χ3v) is 3.46. The highest BCUT2D eigenvalue weighted by Crippen LogP contribution is 2.28. The Hall–Kier alpha value is -0.550. The number of benzene rings is 1. The van der Waals surface area contributed by atoms with Gasteiger partial charge in [0.1, 0.15) is 0 Å². The molecule has 0 bridgehead atoms. The third kappa shape index (κ3) is 2.25. The molecule has 84 valence electrons. The zero-order chi connectivity index (χ0) is 11.7. The molecular weight excluding hydrogens is 335 g/mol. The largest absolute Gasteiger partial charge is 0.398 e. The average molecular weight is 347 g/mol. The van der Waals surface area contributed by atoms with Crippen molar-refractivity contribution in [3.05, 3.63) is 32.5 Å². The van der Waals surface area contributed by atoms with E-state index in [4.69, 9.17) is 17.3 Å². The van der Waals surface area contributed by atoms with Crippen LogP contribution in [0.25, 0.3) is 10.9 Å². The minimum Gasteiger partial charge on any atom is -0.398 e. The van der Waals surface area contributed by atoms with E-state index >= 15 is 0 Å². The lowest BCUT2D eigenvalue weighted by Crippen LogP contribution is -1.97. The number of hydrogen-bond acceptors (Lipinski definition) is 2. The molecule has 2 nitrogen and oxygen atoms in total. The van der Waals surface area contributed by atoms with E-state index in [0.29, 0.717) is 5.02 Å². The van der Waals surface area contributed by atoms with Crippen LogP contribution in [-0.2, 0) is 6.42 Å². The van der Waals surface area contributed by atoms with Crippen molar-refractivity contribution >= 4 is 50.8 Å². The van der Waals surface area contributed by atoms with Crippen LogP contribution in [0.5, 0.6) is 0 Å². The Labute approximate surface area is 113 Å². The summed E-state index contributed by atoms with van der Waals surface area (Å²) in [6, 6.07) is 5.72. The molecule has 0 aliphatic rings. The minimum absolute atomic E-state index is 0.702. The summed E-state index contributed by atoms with van der Waals surface area (Å²) in [6.07, 6.45) is 2.03. The second kappa shape index (κ2) is 4.75. The standard InChI is InChI=1S/C12H12ClIN2/c1-2-3-8-6-11(15)9-4-7(13)5-10(14)12(9)16-8/h4-6H,2-3H2,1H3,(H2,15,16). The van der Waals surface area contributed by atoms with Crippen LogP contribution in [0.3, 0.4) is 0 Å². The lowest BCUT2D eigenvalue weighted by Gasteiger charge is -2.07. The monoisotopic (exact) mass is 346 g/mol. The Kier molecular flexibility index (Phi) is 3.54. The number of halogens is 2. The first-order valence-corrected chi connectivity index (χ1v) is 6.61. The number of fused-ring (bicyclic) bond motifs is 1. The molecule has 2 rings (SSSR count). The maximum Gasteiger partial charge on any atom is 0.0860 e.